The first-order valence-corrected chi connectivity index (χ1v) is 9.33. The summed E-state index contributed by atoms with van der Waals surface area (Å²) in [6.07, 6.45) is 0.916. The van der Waals surface area contributed by atoms with E-state index in [-0.39, 0.29) is 24.0 Å². The third kappa shape index (κ3) is 6.93. The van der Waals surface area contributed by atoms with Crippen molar-refractivity contribution in [3.05, 3.63) is 36.9 Å². The molecule has 2 N–H and O–H groups in total. The number of nitrogens with one attached hydrogen (secondary N) is 2. The van der Waals surface area contributed by atoms with Gasteiger partial charge in [-0.1, -0.05) is 0 Å². The first-order valence-electron chi connectivity index (χ1n) is 6.84. The highest BCUT2D eigenvalue weighted by atomic mass is 127. The summed E-state index contributed by atoms with van der Waals surface area (Å²) in [6.45, 7) is 6.50. The van der Waals surface area contributed by atoms with Gasteiger partial charge >= 0.3 is 0 Å². The number of thiazole rings is 1. The lowest BCUT2D eigenvalue weighted by Crippen LogP contribution is -2.38. The summed E-state index contributed by atoms with van der Waals surface area (Å²) in [6, 6.07) is 4.15. The number of hydrogen-bond acceptors (Lipinski definition) is 4. The lowest BCUT2D eigenvalue weighted by atomic mass is 10.3. The van der Waals surface area contributed by atoms with E-state index < -0.39 is 0 Å². The Kier molecular flexibility index (Phi) is 9.53. The Bertz CT molecular complexity index is 597. The second kappa shape index (κ2) is 10.6. The molecule has 0 saturated carbocycles. The van der Waals surface area contributed by atoms with Gasteiger partial charge in [0.2, 0.25) is 0 Å². The molecule has 0 bridgehead atoms. The summed E-state index contributed by atoms with van der Waals surface area (Å²) in [5.74, 6) is 0.856. The van der Waals surface area contributed by atoms with Crippen LogP contribution >= 0.6 is 62.6 Å². The second-order valence-electron chi connectivity index (χ2n) is 4.44. The van der Waals surface area contributed by atoms with Crippen molar-refractivity contribution in [3.63, 3.8) is 0 Å². The fourth-order valence-corrected chi connectivity index (χ4v) is 3.82. The zero-order valence-electron chi connectivity index (χ0n) is 12.6. The molecular weight excluding hydrogens is 495 g/mol. The summed E-state index contributed by atoms with van der Waals surface area (Å²) in [5.41, 5.74) is 1.14. The van der Waals surface area contributed by atoms with Crippen molar-refractivity contribution in [3.8, 4) is 0 Å². The molecule has 0 aliphatic rings. The maximum atomic E-state index is 4.60. The van der Waals surface area contributed by atoms with E-state index >= 15 is 0 Å². The zero-order chi connectivity index (χ0) is 15.1. The van der Waals surface area contributed by atoms with Gasteiger partial charge in [0.25, 0.3) is 0 Å². The van der Waals surface area contributed by atoms with E-state index in [1.807, 2.05) is 6.92 Å². The summed E-state index contributed by atoms with van der Waals surface area (Å²) in [4.78, 5) is 10.3. The lowest BCUT2D eigenvalue weighted by Gasteiger charge is -2.10. The van der Waals surface area contributed by atoms with Crippen molar-refractivity contribution < 1.29 is 0 Å². The van der Waals surface area contributed by atoms with Crippen molar-refractivity contribution in [2.75, 3.05) is 13.1 Å². The molecule has 0 atom stereocenters. The van der Waals surface area contributed by atoms with Crippen LogP contribution in [0.4, 0.5) is 0 Å². The van der Waals surface area contributed by atoms with E-state index in [1.54, 1.807) is 22.7 Å². The van der Waals surface area contributed by atoms with Gasteiger partial charge in [-0.3, -0.25) is 0 Å². The molecule has 0 fully saturated rings. The molecule has 0 spiro atoms. The molecule has 0 unspecified atom stereocenters. The van der Waals surface area contributed by atoms with Crippen LogP contribution in [0, 0.1) is 6.92 Å². The van der Waals surface area contributed by atoms with E-state index in [9.17, 15) is 0 Å². The summed E-state index contributed by atoms with van der Waals surface area (Å²) >= 11 is 6.88. The van der Waals surface area contributed by atoms with Gasteiger partial charge < -0.3 is 10.6 Å². The van der Waals surface area contributed by atoms with Crippen molar-refractivity contribution in [1.29, 1.82) is 0 Å². The number of halogens is 2. The molecule has 2 aromatic rings. The van der Waals surface area contributed by atoms with Crippen molar-refractivity contribution in [2.24, 2.45) is 4.99 Å². The molecular formula is C14H20BrIN4S2. The maximum Gasteiger partial charge on any atom is 0.191 e. The standard InChI is InChI=1S/C14H19BrN4S2.HI/c1-3-16-14(18-8-12-4-5-13(15)21-12)17-7-6-11-9-20-10(2)19-11;/h4-5,9H,3,6-8H2,1-2H3,(H2,16,17,18);1H. The molecule has 0 aliphatic heterocycles. The highest BCUT2D eigenvalue weighted by Crippen LogP contribution is 2.22. The largest absolute Gasteiger partial charge is 0.357 e. The summed E-state index contributed by atoms with van der Waals surface area (Å²) in [7, 11) is 0. The lowest BCUT2D eigenvalue weighted by molar-refractivity contribution is 0.791. The molecule has 2 heterocycles. The van der Waals surface area contributed by atoms with Crippen LogP contribution in [0.2, 0.25) is 0 Å². The number of guanidine groups is 1. The zero-order valence-corrected chi connectivity index (χ0v) is 18.1. The highest BCUT2D eigenvalue weighted by Gasteiger charge is 2.01. The van der Waals surface area contributed by atoms with E-state index in [2.05, 4.69) is 61.0 Å². The first kappa shape index (κ1) is 19.9. The number of thiophene rings is 1. The van der Waals surface area contributed by atoms with Crippen LogP contribution in [0.3, 0.4) is 0 Å². The normalized spacial score (nSPS) is 11.1. The Balaban J connectivity index is 0.00000242. The minimum absolute atomic E-state index is 0. The summed E-state index contributed by atoms with van der Waals surface area (Å²) in [5, 5.41) is 9.85. The monoisotopic (exact) mass is 514 g/mol. The van der Waals surface area contributed by atoms with Crippen LogP contribution in [0.25, 0.3) is 0 Å². The molecule has 8 heteroatoms. The second-order valence-corrected chi connectivity index (χ2v) is 8.05. The van der Waals surface area contributed by atoms with Gasteiger partial charge in [-0.05, 0) is 41.9 Å². The Hall–Kier alpha value is -0.190. The molecule has 0 amide bonds. The van der Waals surface area contributed by atoms with Crippen molar-refractivity contribution in [1.82, 2.24) is 15.6 Å². The molecule has 4 nitrogen and oxygen atoms in total. The van der Waals surface area contributed by atoms with Gasteiger partial charge in [0, 0.05) is 29.8 Å². The van der Waals surface area contributed by atoms with Gasteiger partial charge in [0.15, 0.2) is 5.96 Å². The minimum Gasteiger partial charge on any atom is -0.357 e. The smallest absolute Gasteiger partial charge is 0.191 e. The van der Waals surface area contributed by atoms with Crippen LogP contribution < -0.4 is 10.6 Å². The molecule has 22 heavy (non-hydrogen) atoms. The average Bonchev–Trinajstić information content (AvgIpc) is 3.05. The van der Waals surface area contributed by atoms with E-state index in [1.165, 1.54) is 4.88 Å². The Labute approximate surface area is 165 Å². The molecule has 0 saturated heterocycles. The molecule has 2 aromatic heterocycles. The molecule has 0 aromatic carbocycles. The van der Waals surface area contributed by atoms with E-state index in [0.29, 0.717) is 6.54 Å². The highest BCUT2D eigenvalue weighted by molar-refractivity contribution is 14.0. The fraction of sp³-hybridized carbons (Fsp3) is 0.429. The minimum atomic E-state index is 0. The molecule has 0 radical (unpaired) electrons. The number of hydrogen-bond donors (Lipinski definition) is 2. The third-order valence-corrected chi connectivity index (χ3v) is 5.14. The van der Waals surface area contributed by atoms with Gasteiger partial charge in [-0.15, -0.1) is 46.7 Å². The van der Waals surface area contributed by atoms with Crippen LogP contribution in [0.15, 0.2) is 26.3 Å². The Morgan fingerprint density at radius 2 is 2.18 bits per heavy atom. The number of aliphatic imine (C=N–C) groups is 1. The fourth-order valence-electron chi connectivity index (χ4n) is 1.77. The maximum absolute atomic E-state index is 4.60. The van der Waals surface area contributed by atoms with Gasteiger partial charge in [-0.2, -0.15) is 0 Å². The third-order valence-electron chi connectivity index (χ3n) is 2.71. The van der Waals surface area contributed by atoms with E-state index in [4.69, 9.17) is 0 Å². The SMILES string of the molecule is CCNC(=NCc1ccc(Br)s1)NCCc1csc(C)n1.I. The predicted octanol–water partition coefficient (Wildman–Crippen LogP) is 4.19. The van der Waals surface area contributed by atoms with Gasteiger partial charge in [0.1, 0.15) is 0 Å². The van der Waals surface area contributed by atoms with Crippen LogP contribution in [0.1, 0.15) is 22.5 Å². The molecule has 122 valence electrons. The van der Waals surface area contributed by atoms with Crippen LogP contribution in [-0.2, 0) is 13.0 Å². The number of nitrogens with zero attached hydrogens (tertiary/aromatic N) is 2. The average molecular weight is 515 g/mol. The predicted molar refractivity (Wildman–Crippen MR) is 111 cm³/mol. The molecule has 2 rings (SSSR count). The number of rotatable bonds is 6. The summed E-state index contributed by atoms with van der Waals surface area (Å²) < 4.78 is 1.14. The van der Waals surface area contributed by atoms with Gasteiger partial charge in [0.05, 0.1) is 21.0 Å². The molecule has 0 aliphatic carbocycles. The topological polar surface area (TPSA) is 49.3 Å². The van der Waals surface area contributed by atoms with Crippen molar-refractivity contribution >= 4 is 68.5 Å². The van der Waals surface area contributed by atoms with Crippen molar-refractivity contribution in [2.45, 2.75) is 26.8 Å². The Morgan fingerprint density at radius 1 is 1.36 bits per heavy atom. The van der Waals surface area contributed by atoms with Crippen LogP contribution in [-0.4, -0.2) is 24.0 Å². The Morgan fingerprint density at radius 3 is 2.77 bits per heavy atom. The number of aryl methyl sites for hydroxylation is 1. The first-order chi connectivity index (χ1) is 10.2. The van der Waals surface area contributed by atoms with E-state index in [0.717, 1.165) is 40.0 Å². The van der Waals surface area contributed by atoms with Crippen LogP contribution in [0.5, 0.6) is 0 Å². The number of aromatic nitrogens is 1. The van der Waals surface area contributed by atoms with Gasteiger partial charge in [-0.25, -0.2) is 9.98 Å². The quantitative estimate of drug-likeness (QED) is 0.345.